The fraction of sp³-hybridized carbons (Fsp3) is 0.467. The number of benzene rings is 1. The van der Waals surface area contributed by atoms with Gasteiger partial charge in [0.25, 0.3) is 5.69 Å². The maximum absolute atomic E-state index is 11.1. The average Bonchev–Trinajstić information content (AvgIpc) is 2.45. The van der Waals surface area contributed by atoms with Gasteiger partial charge in [-0.15, -0.1) is 11.6 Å². The molecule has 20 heavy (non-hydrogen) atoms. The van der Waals surface area contributed by atoms with Gasteiger partial charge in [0.1, 0.15) is 0 Å². The van der Waals surface area contributed by atoms with Crippen LogP contribution >= 0.6 is 23.2 Å². The molecule has 1 aliphatic rings. The average molecular weight is 314 g/mol. The number of halogens is 2. The quantitative estimate of drug-likeness (QED) is 0.421. The molecule has 0 bridgehead atoms. The third-order valence-electron chi connectivity index (χ3n) is 3.81. The molecule has 1 saturated carbocycles. The zero-order chi connectivity index (χ0) is 14.5. The molecule has 0 saturated heterocycles. The molecule has 108 valence electrons. The van der Waals surface area contributed by atoms with Crippen molar-refractivity contribution in [2.24, 2.45) is 5.92 Å². The number of nitro groups is 1. The van der Waals surface area contributed by atoms with Crippen LogP contribution in [0.5, 0.6) is 0 Å². The second kappa shape index (κ2) is 7.09. The van der Waals surface area contributed by atoms with Crippen LogP contribution in [0.25, 0.3) is 6.08 Å². The van der Waals surface area contributed by atoms with Gasteiger partial charge in [0.05, 0.1) is 10.5 Å². The minimum Gasteiger partial charge on any atom is -0.258 e. The molecule has 0 aliphatic heterocycles. The number of alkyl halides is 1. The zero-order valence-electron chi connectivity index (χ0n) is 11.1. The predicted molar refractivity (Wildman–Crippen MR) is 83.4 cm³/mol. The van der Waals surface area contributed by atoms with Crippen molar-refractivity contribution >= 4 is 35.0 Å². The lowest BCUT2D eigenvalue weighted by Crippen LogP contribution is -2.10. The van der Waals surface area contributed by atoms with Crippen LogP contribution in [0.4, 0.5) is 5.69 Å². The number of hydrogen-bond donors (Lipinski definition) is 0. The molecular formula is C15H17Cl2NO2. The molecule has 0 amide bonds. The Labute approximate surface area is 128 Å². The summed E-state index contributed by atoms with van der Waals surface area (Å²) in [5, 5.41) is 11.6. The van der Waals surface area contributed by atoms with Crippen molar-refractivity contribution < 1.29 is 4.92 Å². The molecule has 1 aromatic rings. The first kappa shape index (κ1) is 15.3. The van der Waals surface area contributed by atoms with Crippen LogP contribution in [-0.4, -0.2) is 10.8 Å². The molecule has 5 heteroatoms. The van der Waals surface area contributed by atoms with E-state index < -0.39 is 0 Å². The summed E-state index contributed by atoms with van der Waals surface area (Å²) in [5.41, 5.74) is 1.70. The summed E-state index contributed by atoms with van der Waals surface area (Å²) < 4.78 is 0. The Hall–Kier alpha value is -1.06. The number of nitro benzene ring substituents is 1. The van der Waals surface area contributed by atoms with Gasteiger partial charge in [-0.1, -0.05) is 36.4 Å². The lowest BCUT2D eigenvalue weighted by molar-refractivity contribution is -0.385. The van der Waals surface area contributed by atoms with Gasteiger partial charge >= 0.3 is 0 Å². The molecule has 0 N–H and O–H groups in total. The highest BCUT2D eigenvalue weighted by molar-refractivity contribution is 6.30. The molecule has 2 rings (SSSR count). The third kappa shape index (κ3) is 3.74. The van der Waals surface area contributed by atoms with E-state index in [2.05, 4.69) is 0 Å². The maximum Gasteiger partial charge on any atom is 0.276 e. The number of allylic oxidation sites excluding steroid dienone is 1. The van der Waals surface area contributed by atoms with Gasteiger partial charge in [0.2, 0.25) is 0 Å². The van der Waals surface area contributed by atoms with Gasteiger partial charge in [0, 0.05) is 17.0 Å². The Morgan fingerprint density at radius 1 is 1.35 bits per heavy atom. The van der Waals surface area contributed by atoms with Crippen molar-refractivity contribution in [1.82, 2.24) is 0 Å². The van der Waals surface area contributed by atoms with Gasteiger partial charge in [0.15, 0.2) is 0 Å². The van der Waals surface area contributed by atoms with E-state index in [1.54, 1.807) is 6.07 Å². The van der Waals surface area contributed by atoms with E-state index in [4.69, 9.17) is 23.2 Å². The van der Waals surface area contributed by atoms with Gasteiger partial charge in [-0.05, 0) is 37.0 Å². The topological polar surface area (TPSA) is 43.1 Å². The van der Waals surface area contributed by atoms with E-state index in [1.807, 2.05) is 6.08 Å². The summed E-state index contributed by atoms with van der Waals surface area (Å²) in [4.78, 5) is 10.7. The van der Waals surface area contributed by atoms with Crippen molar-refractivity contribution in [2.45, 2.75) is 32.1 Å². The molecule has 0 unspecified atom stereocenters. The Balaban J connectivity index is 2.35. The van der Waals surface area contributed by atoms with Crippen molar-refractivity contribution in [3.8, 4) is 0 Å². The summed E-state index contributed by atoms with van der Waals surface area (Å²) in [5.74, 6) is 0.855. The van der Waals surface area contributed by atoms with Crippen LogP contribution in [0.3, 0.4) is 0 Å². The predicted octanol–water partition coefficient (Wildman–Crippen LogP) is 5.45. The number of rotatable bonds is 4. The number of nitrogens with zero attached hydrogens (tertiary/aromatic N) is 1. The smallest absolute Gasteiger partial charge is 0.258 e. The van der Waals surface area contributed by atoms with Gasteiger partial charge in [-0.2, -0.15) is 0 Å². The van der Waals surface area contributed by atoms with Gasteiger partial charge < -0.3 is 0 Å². The fourth-order valence-corrected chi connectivity index (χ4v) is 3.22. The first-order chi connectivity index (χ1) is 9.61. The Bertz CT molecular complexity index is 523. The lowest BCUT2D eigenvalue weighted by Gasteiger charge is -2.23. The molecular weight excluding hydrogens is 297 g/mol. The SMILES string of the molecule is O=[N+]([O-])c1ccc(Cl)cc1/C=C(/CCl)C1CCCCC1. The van der Waals surface area contributed by atoms with E-state index in [9.17, 15) is 10.1 Å². The molecule has 0 radical (unpaired) electrons. The van der Waals surface area contributed by atoms with Crippen LogP contribution in [0, 0.1) is 16.0 Å². The third-order valence-corrected chi connectivity index (χ3v) is 4.35. The van der Waals surface area contributed by atoms with Crippen molar-refractivity contribution in [3.05, 3.63) is 44.5 Å². The molecule has 3 nitrogen and oxygen atoms in total. The van der Waals surface area contributed by atoms with Crippen LogP contribution in [0.1, 0.15) is 37.7 Å². The first-order valence-electron chi connectivity index (χ1n) is 6.82. The molecule has 0 atom stereocenters. The van der Waals surface area contributed by atoms with Crippen molar-refractivity contribution in [1.29, 1.82) is 0 Å². The van der Waals surface area contributed by atoms with Crippen LogP contribution in [0.15, 0.2) is 23.8 Å². The largest absolute Gasteiger partial charge is 0.276 e. The Morgan fingerprint density at radius 3 is 2.65 bits per heavy atom. The first-order valence-corrected chi connectivity index (χ1v) is 7.73. The molecule has 0 aromatic heterocycles. The highest BCUT2D eigenvalue weighted by atomic mass is 35.5. The van der Waals surface area contributed by atoms with E-state index in [0.29, 0.717) is 22.4 Å². The second-order valence-electron chi connectivity index (χ2n) is 5.15. The second-order valence-corrected chi connectivity index (χ2v) is 5.85. The highest BCUT2D eigenvalue weighted by Gasteiger charge is 2.19. The summed E-state index contributed by atoms with van der Waals surface area (Å²) >= 11 is 12.0. The van der Waals surface area contributed by atoms with E-state index >= 15 is 0 Å². The minimum atomic E-state index is -0.380. The maximum atomic E-state index is 11.1. The molecule has 0 heterocycles. The fourth-order valence-electron chi connectivity index (χ4n) is 2.75. The summed E-state index contributed by atoms with van der Waals surface area (Å²) in [7, 11) is 0. The number of hydrogen-bond acceptors (Lipinski definition) is 2. The van der Waals surface area contributed by atoms with E-state index in [0.717, 1.165) is 18.4 Å². The van der Waals surface area contributed by atoms with Crippen LogP contribution in [0.2, 0.25) is 5.02 Å². The van der Waals surface area contributed by atoms with Crippen LogP contribution < -0.4 is 0 Å². The van der Waals surface area contributed by atoms with E-state index in [-0.39, 0.29) is 10.6 Å². The molecule has 0 spiro atoms. The van der Waals surface area contributed by atoms with Crippen molar-refractivity contribution in [2.75, 3.05) is 5.88 Å². The normalized spacial score (nSPS) is 17.2. The lowest BCUT2D eigenvalue weighted by atomic mass is 9.83. The highest BCUT2D eigenvalue weighted by Crippen LogP contribution is 2.33. The van der Waals surface area contributed by atoms with Crippen molar-refractivity contribution in [3.63, 3.8) is 0 Å². The standard InChI is InChI=1S/C15H17Cl2NO2/c16-10-13(11-4-2-1-3-5-11)8-12-9-14(17)6-7-15(12)18(19)20/h6-9,11H,1-5,10H2/b13-8-. The monoisotopic (exact) mass is 313 g/mol. The Kier molecular flexibility index (Phi) is 5.44. The summed E-state index contributed by atoms with van der Waals surface area (Å²) in [6, 6.07) is 4.62. The van der Waals surface area contributed by atoms with Gasteiger partial charge in [-0.3, -0.25) is 10.1 Å². The molecule has 1 aliphatic carbocycles. The Morgan fingerprint density at radius 2 is 2.05 bits per heavy atom. The van der Waals surface area contributed by atoms with E-state index in [1.165, 1.54) is 31.4 Å². The van der Waals surface area contributed by atoms with Crippen LogP contribution in [-0.2, 0) is 0 Å². The summed E-state index contributed by atoms with van der Waals surface area (Å²) in [6.45, 7) is 0. The molecule has 1 fully saturated rings. The zero-order valence-corrected chi connectivity index (χ0v) is 12.7. The summed E-state index contributed by atoms with van der Waals surface area (Å²) in [6.07, 6.45) is 7.77. The minimum absolute atomic E-state index is 0.0767. The van der Waals surface area contributed by atoms with Gasteiger partial charge in [-0.25, -0.2) is 0 Å². The molecule has 1 aromatic carbocycles.